The van der Waals surface area contributed by atoms with Gasteiger partial charge in [0.1, 0.15) is 0 Å². The van der Waals surface area contributed by atoms with Gasteiger partial charge in [0.15, 0.2) is 0 Å². The molecule has 2 aliphatic rings. The number of anilines is 2. The van der Waals surface area contributed by atoms with Crippen LogP contribution in [-0.4, -0.2) is 61.3 Å². The molecule has 6 rings (SSSR count). The van der Waals surface area contributed by atoms with Gasteiger partial charge in [0.2, 0.25) is 0 Å². The molecule has 2 aromatic heterocycles. The number of hydrogen-bond donors (Lipinski definition) is 0. The van der Waals surface area contributed by atoms with Gasteiger partial charge in [-0.1, -0.05) is 12.1 Å². The van der Waals surface area contributed by atoms with Gasteiger partial charge in [-0.2, -0.15) is 19.2 Å². The molecule has 0 bridgehead atoms. The van der Waals surface area contributed by atoms with Crippen molar-refractivity contribution in [1.82, 2.24) is 0 Å². The second-order valence-electron chi connectivity index (χ2n) is 9.57. The normalized spacial score (nSPS) is 15.9. The molecule has 0 spiro atoms. The third-order valence-corrected chi connectivity index (χ3v) is 8.68. The third-order valence-electron chi connectivity index (χ3n) is 6.79. The SMILES string of the molecule is Cc1cc2ccc(N3CCC(F)(F)CC3)cc2s1.FC1(F)CCN(c2ccc3ccsc3c2)CC1.O.O=C=O.O=C=O.[Li+].[OH-]. The Balaban J connectivity index is 0.000000675. The first kappa shape index (κ1) is 41.0. The van der Waals surface area contributed by atoms with Gasteiger partial charge in [0.25, 0.3) is 11.8 Å². The molecule has 44 heavy (non-hydrogen) atoms. The maximum Gasteiger partial charge on any atom is 1.00 e. The van der Waals surface area contributed by atoms with Crippen molar-refractivity contribution < 1.29 is 66.6 Å². The van der Waals surface area contributed by atoms with Crippen LogP contribution in [-0.2, 0) is 19.2 Å². The summed E-state index contributed by atoms with van der Waals surface area (Å²) in [5, 5.41) is 4.52. The first-order chi connectivity index (χ1) is 19.5. The molecule has 4 aromatic rings. The predicted octanol–water partition coefficient (Wildman–Crippen LogP) is 3.42. The number of alkyl halides is 4. The third kappa shape index (κ3) is 11.8. The van der Waals surface area contributed by atoms with E-state index in [-0.39, 0.29) is 67.8 Å². The summed E-state index contributed by atoms with van der Waals surface area (Å²) in [4.78, 5) is 37.9. The minimum absolute atomic E-state index is 0. The molecule has 0 aliphatic carbocycles. The van der Waals surface area contributed by atoms with E-state index in [0.717, 1.165) is 11.4 Å². The van der Waals surface area contributed by atoms with E-state index in [1.807, 2.05) is 12.1 Å². The predicted molar refractivity (Wildman–Crippen MR) is 157 cm³/mol. The van der Waals surface area contributed by atoms with E-state index in [4.69, 9.17) is 19.2 Å². The zero-order chi connectivity index (χ0) is 30.0. The van der Waals surface area contributed by atoms with E-state index in [1.165, 1.54) is 25.0 Å². The van der Waals surface area contributed by atoms with Crippen LogP contribution >= 0.6 is 22.7 Å². The molecule has 3 N–H and O–H groups in total. The van der Waals surface area contributed by atoms with Gasteiger partial charge in [0, 0.05) is 77.5 Å². The summed E-state index contributed by atoms with van der Waals surface area (Å²) in [5.41, 5.74) is 2.13. The van der Waals surface area contributed by atoms with Crippen LogP contribution in [0.5, 0.6) is 0 Å². The van der Waals surface area contributed by atoms with Gasteiger partial charge in [-0.3, -0.25) is 0 Å². The van der Waals surface area contributed by atoms with E-state index < -0.39 is 11.8 Å². The molecule has 2 aromatic carbocycles. The average Bonchev–Trinajstić information content (AvgIpc) is 3.54. The second-order valence-corrected chi connectivity index (χ2v) is 11.8. The second kappa shape index (κ2) is 18.7. The van der Waals surface area contributed by atoms with Gasteiger partial charge in [-0.05, 0) is 59.5 Å². The van der Waals surface area contributed by atoms with Crippen LogP contribution in [0, 0.1) is 6.92 Å². The fourth-order valence-corrected chi connectivity index (χ4v) is 6.45. The van der Waals surface area contributed by atoms with Gasteiger partial charge in [-0.25, -0.2) is 17.6 Å². The Kier molecular flexibility index (Phi) is 17.4. The van der Waals surface area contributed by atoms with Crippen molar-refractivity contribution >= 4 is 66.5 Å². The Morgan fingerprint density at radius 3 is 1.55 bits per heavy atom. The summed E-state index contributed by atoms with van der Waals surface area (Å²) in [7, 11) is 0. The number of piperidine rings is 2. The van der Waals surface area contributed by atoms with Crippen LogP contribution in [0.1, 0.15) is 30.6 Å². The van der Waals surface area contributed by atoms with E-state index in [1.54, 1.807) is 22.7 Å². The maximum absolute atomic E-state index is 13.1. The summed E-state index contributed by atoms with van der Waals surface area (Å²) >= 11 is 3.45. The van der Waals surface area contributed by atoms with Crippen LogP contribution in [0.4, 0.5) is 28.9 Å². The molecule has 0 atom stereocenters. The molecule has 2 saturated heterocycles. The molecule has 2 fully saturated rings. The number of thiophene rings is 2. The van der Waals surface area contributed by atoms with Crippen molar-refractivity contribution in [3.63, 3.8) is 0 Å². The standard InChI is InChI=1S/C14H15F2NS.C13H13F2NS.2CO2.Li.2H2O/c1-10-8-11-2-3-12(9-13(11)18-10)17-6-4-14(15,16)5-7-17;14-13(15)4-6-16(7-5-13)11-2-1-10-3-8-17-12(10)9-11;2*2-1-3;;;/h2-3,8-9H,4-7H2,1H3;1-3,8-9H,4-7H2;;;;2*1H2/q;;;;+1;;/p-1. The Morgan fingerprint density at radius 1 is 0.682 bits per heavy atom. The fourth-order valence-electron chi connectivity index (χ4n) is 4.67. The molecule has 2 aliphatic heterocycles. The molecule has 8 nitrogen and oxygen atoms in total. The van der Waals surface area contributed by atoms with Crippen LogP contribution in [0.15, 0.2) is 53.9 Å². The molecule has 15 heteroatoms. The van der Waals surface area contributed by atoms with Crippen molar-refractivity contribution in [2.24, 2.45) is 0 Å². The van der Waals surface area contributed by atoms with Crippen molar-refractivity contribution in [3.8, 4) is 0 Å². The number of halogens is 4. The van der Waals surface area contributed by atoms with E-state index in [2.05, 4.69) is 58.5 Å². The monoisotopic (exact) mass is 650 g/mol. The van der Waals surface area contributed by atoms with Gasteiger partial charge >= 0.3 is 31.2 Å². The van der Waals surface area contributed by atoms with Gasteiger partial charge < -0.3 is 20.8 Å². The zero-order valence-corrected chi connectivity index (χ0v) is 25.8. The Labute approximate surface area is 271 Å². The summed E-state index contributed by atoms with van der Waals surface area (Å²) < 4.78 is 54.9. The summed E-state index contributed by atoms with van der Waals surface area (Å²) in [6.45, 7) is 3.88. The molecule has 4 heterocycles. The maximum atomic E-state index is 13.1. The summed E-state index contributed by atoms with van der Waals surface area (Å²) in [5.74, 6) is -4.94. The first-order valence-electron chi connectivity index (χ1n) is 12.7. The smallest absolute Gasteiger partial charge is 0.870 e. The number of carbonyl (C=O) groups excluding carboxylic acids is 4. The molecular formula is C29H31F4LiN2O6S2. The van der Waals surface area contributed by atoms with Crippen LogP contribution in [0.25, 0.3) is 20.2 Å². The number of benzene rings is 2. The molecular weight excluding hydrogens is 619 g/mol. The topological polar surface area (TPSA) is 136 Å². The molecule has 0 saturated carbocycles. The van der Waals surface area contributed by atoms with Gasteiger partial charge in [-0.15, -0.1) is 22.7 Å². The minimum atomic E-state index is -2.47. The summed E-state index contributed by atoms with van der Waals surface area (Å²) in [6.07, 6.45) is 0.369. The van der Waals surface area contributed by atoms with Crippen molar-refractivity contribution in [2.45, 2.75) is 44.5 Å². The van der Waals surface area contributed by atoms with Crippen molar-refractivity contribution in [1.29, 1.82) is 0 Å². The number of nitrogens with zero attached hydrogens (tertiary/aromatic N) is 2. The fraction of sp³-hybridized carbons (Fsp3) is 0.379. The van der Waals surface area contributed by atoms with Crippen LogP contribution in [0.2, 0.25) is 0 Å². The molecule has 0 radical (unpaired) electrons. The van der Waals surface area contributed by atoms with Crippen LogP contribution in [0.3, 0.4) is 0 Å². The van der Waals surface area contributed by atoms with Gasteiger partial charge in [0.05, 0.1) is 0 Å². The first-order valence-corrected chi connectivity index (χ1v) is 14.4. The minimum Gasteiger partial charge on any atom is -0.870 e. The largest absolute Gasteiger partial charge is 1.00 e. The molecule has 234 valence electrons. The quantitative estimate of drug-likeness (QED) is 0.240. The number of fused-ring (bicyclic) bond motifs is 2. The van der Waals surface area contributed by atoms with Crippen molar-refractivity contribution in [3.05, 3.63) is 58.8 Å². The van der Waals surface area contributed by atoms with E-state index in [0.29, 0.717) is 26.2 Å². The zero-order valence-electron chi connectivity index (χ0n) is 24.2. The number of hydrogen-bond acceptors (Lipinski definition) is 9. The van der Waals surface area contributed by atoms with E-state index >= 15 is 0 Å². The Bertz CT molecular complexity index is 1490. The molecule has 0 amide bonds. The summed E-state index contributed by atoms with van der Waals surface area (Å²) in [6, 6.07) is 16.7. The average molecular weight is 651 g/mol. The van der Waals surface area contributed by atoms with E-state index in [9.17, 15) is 17.6 Å². The van der Waals surface area contributed by atoms with Crippen LogP contribution < -0.4 is 28.7 Å². The van der Waals surface area contributed by atoms with Crippen molar-refractivity contribution in [2.75, 3.05) is 36.0 Å². The number of rotatable bonds is 2. The Hall–Kier alpha value is -3.04. The molecule has 0 unspecified atom stereocenters. The number of aryl methyl sites for hydroxylation is 1. The Morgan fingerprint density at radius 2 is 1.09 bits per heavy atom.